The molecule has 0 unspecified atom stereocenters. The molecule has 0 atom stereocenters. The molecule has 2 N–H and O–H groups in total. The fourth-order valence-corrected chi connectivity index (χ4v) is 3.35. The van der Waals surface area contributed by atoms with Crippen molar-refractivity contribution in [1.82, 2.24) is 29.5 Å². The van der Waals surface area contributed by atoms with Crippen LogP contribution in [0.25, 0.3) is 4.96 Å². The number of rotatable bonds is 4. The molecule has 3 rings (SSSR count). The van der Waals surface area contributed by atoms with E-state index >= 15 is 0 Å². The maximum Gasteiger partial charge on any atom is 0.275 e. The zero-order valence-electron chi connectivity index (χ0n) is 11.5. The lowest BCUT2D eigenvalue weighted by Crippen LogP contribution is -2.15. The Labute approximate surface area is 128 Å². The molecule has 0 aromatic carbocycles. The van der Waals surface area contributed by atoms with Crippen LogP contribution in [-0.4, -0.2) is 29.5 Å². The van der Waals surface area contributed by atoms with Gasteiger partial charge in [-0.3, -0.25) is 4.79 Å². The molecule has 0 aliphatic carbocycles. The molecular weight excluding hydrogens is 310 g/mol. The lowest BCUT2D eigenvalue weighted by atomic mass is 10.4. The minimum Gasteiger partial charge on any atom is -0.336 e. The third kappa shape index (κ3) is 2.63. The van der Waals surface area contributed by atoms with Crippen LogP contribution in [0.2, 0.25) is 0 Å². The van der Waals surface area contributed by atoms with Crippen molar-refractivity contribution >= 4 is 28.1 Å². The first-order valence-corrected chi connectivity index (χ1v) is 8.07. The van der Waals surface area contributed by atoms with Gasteiger partial charge in [0, 0.05) is 11.8 Å². The van der Waals surface area contributed by atoms with Crippen molar-refractivity contribution in [3.8, 4) is 0 Å². The zero-order chi connectivity index (χ0) is 15.0. The van der Waals surface area contributed by atoms with Gasteiger partial charge in [0.15, 0.2) is 0 Å². The van der Waals surface area contributed by atoms with Gasteiger partial charge >= 0.3 is 0 Å². The number of hydrogen-bond acceptors (Lipinski definition) is 8. The van der Waals surface area contributed by atoms with Gasteiger partial charge in [0.2, 0.25) is 10.1 Å². The molecule has 3 aromatic rings. The van der Waals surface area contributed by atoms with E-state index in [1.807, 2.05) is 6.92 Å². The molecule has 0 saturated carbocycles. The molecule has 0 saturated heterocycles. The predicted molar refractivity (Wildman–Crippen MR) is 81.0 cm³/mol. The van der Waals surface area contributed by atoms with Crippen molar-refractivity contribution < 1.29 is 0 Å². The van der Waals surface area contributed by atoms with Gasteiger partial charge in [0.05, 0.1) is 5.69 Å². The van der Waals surface area contributed by atoms with Crippen LogP contribution in [-0.2, 0) is 12.2 Å². The molecule has 3 aromatic heterocycles. The van der Waals surface area contributed by atoms with Crippen LogP contribution in [0.4, 0.5) is 0 Å². The molecule has 0 amide bonds. The highest BCUT2D eigenvalue weighted by Crippen LogP contribution is 2.20. The average Bonchev–Trinajstić information content (AvgIpc) is 3.02. The number of aryl methyl sites for hydroxylation is 2. The summed E-state index contributed by atoms with van der Waals surface area (Å²) in [5.41, 5.74) is 0.508. The fraction of sp³-hybridized carbons (Fsp3) is 0.364. The molecule has 0 aliphatic rings. The maximum absolute atomic E-state index is 12.0. The van der Waals surface area contributed by atoms with Gasteiger partial charge in [0.1, 0.15) is 10.8 Å². The third-order valence-electron chi connectivity index (χ3n) is 2.83. The Balaban J connectivity index is 1.87. The zero-order valence-corrected chi connectivity index (χ0v) is 13.1. The van der Waals surface area contributed by atoms with Crippen LogP contribution in [0.5, 0.6) is 0 Å². The highest BCUT2D eigenvalue weighted by molar-refractivity contribution is 7.98. The Morgan fingerprint density at radius 3 is 2.90 bits per heavy atom. The number of fused-ring (bicyclic) bond motifs is 1. The second-order valence-electron chi connectivity index (χ2n) is 4.32. The Morgan fingerprint density at radius 1 is 1.43 bits per heavy atom. The molecule has 110 valence electrons. The van der Waals surface area contributed by atoms with E-state index in [9.17, 15) is 4.79 Å². The van der Waals surface area contributed by atoms with Crippen LogP contribution < -0.4 is 11.4 Å². The SMILES string of the molecule is CCc1nn2c(=O)cc(CSc3nnc(C)n3N)nc2s1. The summed E-state index contributed by atoms with van der Waals surface area (Å²) in [6.45, 7) is 3.77. The van der Waals surface area contributed by atoms with E-state index in [-0.39, 0.29) is 5.56 Å². The number of nitrogens with two attached hydrogens (primary N) is 1. The van der Waals surface area contributed by atoms with Crippen LogP contribution in [0.15, 0.2) is 16.0 Å². The minimum absolute atomic E-state index is 0.169. The monoisotopic (exact) mass is 323 g/mol. The van der Waals surface area contributed by atoms with E-state index in [1.165, 1.54) is 38.4 Å². The largest absolute Gasteiger partial charge is 0.336 e. The molecule has 0 fully saturated rings. The molecule has 0 bridgehead atoms. The lowest BCUT2D eigenvalue weighted by Gasteiger charge is -2.01. The van der Waals surface area contributed by atoms with Crippen molar-refractivity contribution in [2.24, 2.45) is 0 Å². The van der Waals surface area contributed by atoms with E-state index in [0.717, 1.165) is 11.4 Å². The highest BCUT2D eigenvalue weighted by Gasteiger charge is 2.11. The number of hydrogen-bond donors (Lipinski definition) is 1. The van der Waals surface area contributed by atoms with Crippen LogP contribution in [0, 0.1) is 6.92 Å². The summed E-state index contributed by atoms with van der Waals surface area (Å²) in [5.74, 6) is 6.92. The lowest BCUT2D eigenvalue weighted by molar-refractivity contribution is 0.823. The van der Waals surface area contributed by atoms with Gasteiger partial charge in [0.25, 0.3) is 5.56 Å². The van der Waals surface area contributed by atoms with Crippen molar-refractivity contribution in [3.05, 3.63) is 32.9 Å². The van der Waals surface area contributed by atoms with E-state index in [1.54, 1.807) is 6.92 Å². The maximum atomic E-state index is 12.0. The number of nitrogen functional groups attached to an aromatic ring is 1. The summed E-state index contributed by atoms with van der Waals surface area (Å²) in [4.78, 5) is 17.1. The smallest absolute Gasteiger partial charge is 0.275 e. The Bertz CT molecular complexity index is 850. The second-order valence-corrected chi connectivity index (χ2v) is 6.30. The van der Waals surface area contributed by atoms with E-state index in [4.69, 9.17) is 5.84 Å². The molecule has 0 radical (unpaired) electrons. The standard InChI is InChI=1S/C11H13N7OS2/c1-3-8-16-18-9(19)4-7(13-10(18)21-8)5-20-11-15-14-6(2)17(11)12/h4H,3,5,12H2,1-2H3. The molecule has 0 spiro atoms. The number of thioether (sulfide) groups is 1. The van der Waals surface area contributed by atoms with E-state index < -0.39 is 0 Å². The normalized spacial score (nSPS) is 11.3. The van der Waals surface area contributed by atoms with E-state index in [2.05, 4.69) is 20.3 Å². The molecule has 8 nitrogen and oxygen atoms in total. The van der Waals surface area contributed by atoms with Crippen molar-refractivity contribution in [2.75, 3.05) is 5.84 Å². The summed E-state index contributed by atoms with van der Waals surface area (Å²) >= 11 is 2.82. The van der Waals surface area contributed by atoms with Crippen LogP contribution in [0.3, 0.4) is 0 Å². The second kappa shape index (κ2) is 5.45. The first-order chi connectivity index (χ1) is 10.1. The predicted octanol–water partition coefficient (Wildman–Crippen LogP) is 0.619. The molecule has 3 heterocycles. The first-order valence-electron chi connectivity index (χ1n) is 6.27. The number of nitrogens with zero attached hydrogens (tertiary/aromatic N) is 6. The summed E-state index contributed by atoms with van der Waals surface area (Å²) < 4.78 is 2.76. The van der Waals surface area contributed by atoms with E-state index in [0.29, 0.717) is 27.4 Å². The van der Waals surface area contributed by atoms with Gasteiger partial charge < -0.3 is 5.84 Å². The molecule has 10 heteroatoms. The molecular formula is C11H13N7OS2. The molecule has 21 heavy (non-hydrogen) atoms. The minimum atomic E-state index is -0.169. The Hall–Kier alpha value is -1.94. The summed E-state index contributed by atoms with van der Waals surface area (Å²) in [7, 11) is 0. The Kier molecular flexibility index (Phi) is 3.64. The number of aromatic nitrogens is 6. The first kappa shape index (κ1) is 14.0. The Morgan fingerprint density at radius 2 is 2.24 bits per heavy atom. The van der Waals surface area contributed by atoms with Crippen molar-refractivity contribution in [1.29, 1.82) is 0 Å². The van der Waals surface area contributed by atoms with Gasteiger partial charge in [-0.25, -0.2) is 9.66 Å². The van der Waals surface area contributed by atoms with Crippen molar-refractivity contribution in [3.63, 3.8) is 0 Å². The van der Waals surface area contributed by atoms with Crippen LogP contribution >= 0.6 is 23.1 Å². The molecule has 0 aliphatic heterocycles. The summed E-state index contributed by atoms with van der Waals surface area (Å²) in [5, 5.41) is 13.5. The van der Waals surface area contributed by atoms with Gasteiger partial charge in [-0.05, 0) is 13.3 Å². The summed E-state index contributed by atoms with van der Waals surface area (Å²) in [6.07, 6.45) is 0.785. The van der Waals surface area contributed by atoms with Gasteiger partial charge in [-0.2, -0.15) is 9.61 Å². The fourth-order valence-electron chi connectivity index (χ4n) is 1.70. The van der Waals surface area contributed by atoms with Crippen molar-refractivity contribution in [2.45, 2.75) is 31.2 Å². The topological polar surface area (TPSA) is 104 Å². The third-order valence-corrected chi connectivity index (χ3v) is 4.86. The summed E-state index contributed by atoms with van der Waals surface area (Å²) in [6, 6.07) is 1.49. The van der Waals surface area contributed by atoms with Gasteiger partial charge in [-0.1, -0.05) is 30.0 Å². The highest BCUT2D eigenvalue weighted by atomic mass is 32.2. The van der Waals surface area contributed by atoms with Crippen LogP contribution in [0.1, 0.15) is 23.4 Å². The quantitative estimate of drug-likeness (QED) is 0.554. The van der Waals surface area contributed by atoms with Gasteiger partial charge in [-0.15, -0.1) is 10.2 Å². The average molecular weight is 323 g/mol.